The molecule has 33 heavy (non-hydrogen) atoms. The second kappa shape index (κ2) is 8.61. The largest absolute Gasteiger partial charge is 0.507 e. The molecule has 5 nitrogen and oxygen atoms in total. The van der Waals surface area contributed by atoms with Crippen molar-refractivity contribution in [3.63, 3.8) is 0 Å². The minimum Gasteiger partial charge on any atom is -0.507 e. The predicted molar refractivity (Wildman–Crippen MR) is 120 cm³/mol. The van der Waals surface area contributed by atoms with Gasteiger partial charge < -0.3 is 14.5 Å². The summed E-state index contributed by atoms with van der Waals surface area (Å²) < 4.78 is 46.3. The van der Waals surface area contributed by atoms with Crippen LogP contribution in [0.4, 0.5) is 18.9 Å². The number of hydrogen-bond acceptors (Lipinski definition) is 5. The Kier molecular flexibility index (Phi) is 5.64. The van der Waals surface area contributed by atoms with Crippen molar-refractivity contribution in [3.05, 3.63) is 76.6 Å². The van der Waals surface area contributed by atoms with Crippen LogP contribution in [0.5, 0.6) is 5.75 Å². The van der Waals surface area contributed by atoms with E-state index in [-0.39, 0.29) is 17.0 Å². The van der Waals surface area contributed by atoms with Gasteiger partial charge in [0.15, 0.2) is 23.0 Å². The fourth-order valence-corrected chi connectivity index (χ4v) is 4.35. The maximum absolute atomic E-state index is 13.7. The highest BCUT2D eigenvalue weighted by Crippen LogP contribution is 2.35. The number of benzene rings is 3. The molecule has 0 atom stereocenters. The Balaban J connectivity index is 1.39. The average molecular weight is 474 g/mol. The van der Waals surface area contributed by atoms with Crippen LogP contribution in [0.3, 0.4) is 0 Å². The summed E-state index contributed by atoms with van der Waals surface area (Å²) in [5, 5.41) is 15.6. The van der Waals surface area contributed by atoms with E-state index in [0.29, 0.717) is 28.1 Å². The normalized spacial score (nSPS) is 14.8. The number of rotatable bonds is 4. The van der Waals surface area contributed by atoms with E-state index in [9.17, 15) is 18.3 Å². The lowest BCUT2D eigenvalue weighted by Crippen LogP contribution is -2.46. The lowest BCUT2D eigenvalue weighted by molar-refractivity contribution is 0.246. The predicted octanol–water partition coefficient (Wildman–Crippen LogP) is 5.59. The first-order valence-corrected chi connectivity index (χ1v) is 10.8. The van der Waals surface area contributed by atoms with Crippen LogP contribution in [-0.4, -0.2) is 41.3 Å². The maximum atomic E-state index is 13.7. The molecule has 2 heterocycles. The monoisotopic (exact) mass is 473 g/mol. The summed E-state index contributed by atoms with van der Waals surface area (Å²) >= 11 is 6.10. The molecule has 1 fully saturated rings. The van der Waals surface area contributed by atoms with E-state index in [1.54, 1.807) is 6.07 Å². The minimum absolute atomic E-state index is 0.0407. The van der Waals surface area contributed by atoms with Crippen LogP contribution in [0, 0.1) is 17.5 Å². The van der Waals surface area contributed by atoms with E-state index >= 15 is 0 Å². The average Bonchev–Trinajstić information content (AvgIpc) is 3.24. The summed E-state index contributed by atoms with van der Waals surface area (Å²) in [7, 11) is 0. The molecule has 1 aliphatic rings. The molecule has 0 amide bonds. The van der Waals surface area contributed by atoms with Gasteiger partial charge in [-0.2, -0.15) is 0 Å². The van der Waals surface area contributed by atoms with E-state index in [0.717, 1.165) is 44.0 Å². The molecular weight excluding hydrogens is 455 g/mol. The third-order valence-electron chi connectivity index (χ3n) is 5.90. The molecule has 0 bridgehead atoms. The van der Waals surface area contributed by atoms with E-state index in [1.807, 2.05) is 24.3 Å². The van der Waals surface area contributed by atoms with Gasteiger partial charge in [-0.1, -0.05) is 22.8 Å². The summed E-state index contributed by atoms with van der Waals surface area (Å²) in [5.74, 6) is -4.11. The molecule has 0 radical (unpaired) electrons. The lowest BCUT2D eigenvalue weighted by atomic mass is 10.0. The summed E-state index contributed by atoms with van der Waals surface area (Å²) in [5.41, 5.74) is 2.15. The lowest BCUT2D eigenvalue weighted by Gasteiger charge is -2.36. The van der Waals surface area contributed by atoms with Crippen LogP contribution in [0.1, 0.15) is 5.56 Å². The van der Waals surface area contributed by atoms with Crippen LogP contribution in [0.25, 0.3) is 22.2 Å². The van der Waals surface area contributed by atoms with Crippen molar-refractivity contribution < 1.29 is 22.8 Å². The number of nitrogens with zero attached hydrogens (tertiary/aromatic N) is 3. The molecule has 0 saturated carbocycles. The van der Waals surface area contributed by atoms with Crippen molar-refractivity contribution in [3.8, 4) is 17.0 Å². The van der Waals surface area contributed by atoms with Crippen LogP contribution >= 0.6 is 11.6 Å². The van der Waals surface area contributed by atoms with Crippen LogP contribution in [0.2, 0.25) is 5.02 Å². The van der Waals surface area contributed by atoms with Crippen LogP contribution in [0.15, 0.2) is 53.1 Å². The van der Waals surface area contributed by atoms with Gasteiger partial charge in [0.05, 0.1) is 10.9 Å². The van der Waals surface area contributed by atoms with Crippen molar-refractivity contribution in [2.45, 2.75) is 6.54 Å². The van der Waals surface area contributed by atoms with Crippen LogP contribution in [-0.2, 0) is 6.54 Å². The summed E-state index contributed by atoms with van der Waals surface area (Å²) in [6.45, 7) is 3.47. The minimum atomic E-state index is -1.54. The summed E-state index contributed by atoms with van der Waals surface area (Å²) in [6.07, 6.45) is 0. The van der Waals surface area contributed by atoms with Gasteiger partial charge >= 0.3 is 0 Å². The van der Waals surface area contributed by atoms with Gasteiger partial charge in [-0.3, -0.25) is 4.90 Å². The van der Waals surface area contributed by atoms with Crippen molar-refractivity contribution in [1.82, 2.24) is 10.1 Å². The van der Waals surface area contributed by atoms with Gasteiger partial charge in [0.1, 0.15) is 11.4 Å². The molecule has 0 aliphatic carbocycles. The number of anilines is 1. The van der Waals surface area contributed by atoms with Crippen molar-refractivity contribution in [2.75, 3.05) is 31.1 Å². The summed E-state index contributed by atoms with van der Waals surface area (Å²) in [6, 6.07) is 12.5. The Morgan fingerprint density at radius 3 is 2.39 bits per heavy atom. The third kappa shape index (κ3) is 4.12. The highest BCUT2D eigenvalue weighted by molar-refractivity contribution is 6.30. The number of piperazine rings is 1. The first-order chi connectivity index (χ1) is 15.9. The Labute approximate surface area is 192 Å². The molecule has 1 saturated heterocycles. The van der Waals surface area contributed by atoms with Gasteiger partial charge in [-0.05, 0) is 42.5 Å². The van der Waals surface area contributed by atoms with Gasteiger partial charge in [0.25, 0.3) is 0 Å². The van der Waals surface area contributed by atoms with E-state index in [2.05, 4.69) is 15.0 Å². The number of halogens is 4. The third-order valence-corrected chi connectivity index (χ3v) is 6.14. The first kappa shape index (κ1) is 21.6. The SMILES string of the molecule is Oc1ccc2c(-c3cc(F)c(F)c(F)c3)noc2c1CN1CCN(c2cccc(Cl)c2)CC1. The molecule has 0 spiro atoms. The zero-order valence-electron chi connectivity index (χ0n) is 17.4. The summed E-state index contributed by atoms with van der Waals surface area (Å²) in [4.78, 5) is 4.42. The fraction of sp³-hybridized carbons (Fsp3) is 0.208. The number of phenolic OH excluding ortho intramolecular Hbond substituents is 1. The van der Waals surface area contributed by atoms with E-state index in [4.69, 9.17) is 16.1 Å². The number of aromatic hydroxyl groups is 1. The Hall–Kier alpha value is -3.23. The Morgan fingerprint density at radius 2 is 1.70 bits per heavy atom. The van der Waals surface area contributed by atoms with Crippen molar-refractivity contribution >= 4 is 28.3 Å². The number of phenols is 1. The number of fused-ring (bicyclic) bond motifs is 1. The Morgan fingerprint density at radius 1 is 0.970 bits per heavy atom. The molecule has 0 unspecified atom stereocenters. The fourth-order valence-electron chi connectivity index (χ4n) is 4.16. The zero-order chi connectivity index (χ0) is 23.1. The van der Waals surface area contributed by atoms with Gasteiger partial charge in [-0.15, -0.1) is 0 Å². The molecular formula is C24H19ClF3N3O2. The van der Waals surface area contributed by atoms with Crippen molar-refractivity contribution in [2.24, 2.45) is 0 Å². The van der Waals surface area contributed by atoms with E-state index < -0.39 is 17.5 Å². The molecule has 9 heteroatoms. The van der Waals surface area contributed by atoms with Gasteiger partial charge in [0, 0.05) is 49.0 Å². The molecule has 1 N–H and O–H groups in total. The molecule has 1 aromatic heterocycles. The molecule has 4 aromatic rings. The molecule has 5 rings (SSSR count). The topological polar surface area (TPSA) is 52.7 Å². The zero-order valence-corrected chi connectivity index (χ0v) is 18.1. The van der Waals surface area contributed by atoms with Gasteiger partial charge in [-0.25, -0.2) is 13.2 Å². The maximum Gasteiger partial charge on any atom is 0.194 e. The van der Waals surface area contributed by atoms with E-state index in [1.165, 1.54) is 6.07 Å². The number of hydrogen-bond donors (Lipinski definition) is 1. The second-order valence-electron chi connectivity index (χ2n) is 7.97. The number of aromatic nitrogens is 1. The Bertz CT molecular complexity index is 1310. The second-order valence-corrected chi connectivity index (χ2v) is 8.40. The molecule has 1 aliphatic heterocycles. The standard InChI is InChI=1S/C24H19ClF3N3O2/c25-15-2-1-3-16(12-15)31-8-6-30(7-9-31)13-18-21(32)5-4-17-23(29-33-24(17)18)14-10-19(26)22(28)20(27)11-14/h1-5,10-12,32H,6-9,13H2. The first-order valence-electron chi connectivity index (χ1n) is 10.4. The smallest absolute Gasteiger partial charge is 0.194 e. The van der Waals surface area contributed by atoms with Gasteiger partial charge in [0.2, 0.25) is 0 Å². The highest BCUT2D eigenvalue weighted by atomic mass is 35.5. The van der Waals surface area contributed by atoms with Crippen molar-refractivity contribution in [1.29, 1.82) is 0 Å². The van der Waals surface area contributed by atoms with Crippen LogP contribution < -0.4 is 4.90 Å². The quantitative estimate of drug-likeness (QED) is 0.391. The highest BCUT2D eigenvalue weighted by Gasteiger charge is 2.23. The molecule has 170 valence electrons. The molecule has 3 aromatic carbocycles.